The maximum Gasteiger partial charge on any atom is 0.314 e. The van der Waals surface area contributed by atoms with Crippen LogP contribution in [0.15, 0.2) is 24.3 Å². The van der Waals surface area contributed by atoms with Crippen LogP contribution in [0.25, 0.3) is 0 Å². The molecule has 0 aliphatic carbocycles. The molecule has 0 bridgehead atoms. The third-order valence-electron chi connectivity index (χ3n) is 3.13. The van der Waals surface area contributed by atoms with Gasteiger partial charge in [-0.1, -0.05) is 26.0 Å². The van der Waals surface area contributed by atoms with Crippen molar-refractivity contribution in [1.82, 2.24) is 0 Å². The fraction of sp³-hybridized carbons (Fsp3) is 0.538. The lowest BCUT2D eigenvalue weighted by Crippen LogP contribution is -2.26. The smallest absolute Gasteiger partial charge is 0.314 e. The minimum absolute atomic E-state index is 0.172. The highest BCUT2D eigenvalue weighted by Crippen LogP contribution is 2.33. The molecular weight excluding hydrogens is 267 g/mol. The van der Waals surface area contributed by atoms with Crippen molar-refractivity contribution in [3.8, 4) is 5.75 Å². The fourth-order valence-corrected chi connectivity index (χ4v) is 1.97. The maximum absolute atomic E-state index is 8.74. The number of hydrogen-bond acceptors (Lipinski definition) is 3. The van der Waals surface area contributed by atoms with Gasteiger partial charge in [-0.05, 0) is 30.5 Å². The Bertz CT molecular complexity index is 378. The Hall–Kier alpha value is -0.870. The summed E-state index contributed by atoms with van der Waals surface area (Å²) in [5.74, 6) is 0.885. The highest BCUT2D eigenvalue weighted by atomic mass is 31.1. The molecule has 0 radical (unpaired) electrons. The number of methoxy groups -OCH3 is 2. The summed E-state index contributed by atoms with van der Waals surface area (Å²) in [6.45, 7) is 4.29. The third kappa shape index (κ3) is 5.74. The van der Waals surface area contributed by atoms with Gasteiger partial charge < -0.3 is 19.3 Å². The molecule has 19 heavy (non-hydrogen) atoms. The lowest BCUT2D eigenvalue weighted by Gasteiger charge is -2.31. The first-order valence-electron chi connectivity index (χ1n) is 6.07. The second kappa shape index (κ2) is 9.10. The van der Waals surface area contributed by atoms with Crippen LogP contribution in [0.2, 0.25) is 0 Å². The van der Waals surface area contributed by atoms with E-state index < -0.39 is 8.25 Å². The van der Waals surface area contributed by atoms with E-state index in [-0.39, 0.29) is 5.60 Å². The van der Waals surface area contributed by atoms with Gasteiger partial charge >= 0.3 is 8.25 Å². The Morgan fingerprint density at radius 3 is 2.11 bits per heavy atom. The highest BCUT2D eigenvalue weighted by molar-refractivity contribution is 7.30. The van der Waals surface area contributed by atoms with Gasteiger partial charge in [0, 0.05) is 7.11 Å². The standard InChI is InChI=1S/C13H20O2.H3O3P/c1-5-13(6-2,15-4)11-8-7-9-12(10-11)14-3;1-4(2)3/h7-10H,5-6H2,1-4H3;4H,(H2,1,2,3). The molecule has 5 nitrogen and oxygen atoms in total. The molecule has 1 aromatic carbocycles. The number of ether oxygens (including phenoxy) is 2. The molecule has 0 fully saturated rings. The molecule has 0 saturated carbocycles. The lowest BCUT2D eigenvalue weighted by molar-refractivity contribution is -0.0218. The van der Waals surface area contributed by atoms with Crippen molar-refractivity contribution in [2.45, 2.75) is 32.3 Å². The zero-order chi connectivity index (χ0) is 14.9. The van der Waals surface area contributed by atoms with Crippen LogP contribution in [-0.2, 0) is 14.9 Å². The normalized spacial score (nSPS) is 10.9. The molecule has 0 atom stereocenters. The molecule has 0 aliphatic rings. The summed E-state index contributed by atoms with van der Waals surface area (Å²) >= 11 is 0. The van der Waals surface area contributed by atoms with E-state index in [1.807, 2.05) is 12.1 Å². The number of hydrogen-bond donors (Lipinski definition) is 2. The van der Waals surface area contributed by atoms with Crippen LogP contribution >= 0.6 is 8.25 Å². The first-order chi connectivity index (χ1) is 8.95. The van der Waals surface area contributed by atoms with E-state index in [1.165, 1.54) is 5.56 Å². The van der Waals surface area contributed by atoms with Gasteiger partial charge in [0.05, 0.1) is 12.7 Å². The van der Waals surface area contributed by atoms with Gasteiger partial charge in [0.1, 0.15) is 5.75 Å². The molecule has 1 rings (SSSR count). The summed E-state index contributed by atoms with van der Waals surface area (Å²) in [5.41, 5.74) is 1.02. The second-order valence-electron chi connectivity index (χ2n) is 3.92. The van der Waals surface area contributed by atoms with Crippen molar-refractivity contribution < 1.29 is 23.8 Å². The van der Waals surface area contributed by atoms with Crippen molar-refractivity contribution in [1.29, 1.82) is 0 Å². The molecule has 0 unspecified atom stereocenters. The predicted molar refractivity (Wildman–Crippen MR) is 75.7 cm³/mol. The van der Waals surface area contributed by atoms with E-state index in [1.54, 1.807) is 14.2 Å². The average Bonchev–Trinajstić information content (AvgIpc) is 2.41. The Balaban J connectivity index is 0.000000711. The summed E-state index contributed by atoms with van der Waals surface area (Å²) in [4.78, 5) is 14.3. The van der Waals surface area contributed by atoms with Crippen LogP contribution in [0.4, 0.5) is 0 Å². The van der Waals surface area contributed by atoms with E-state index in [0.717, 1.165) is 18.6 Å². The maximum atomic E-state index is 8.74. The summed E-state index contributed by atoms with van der Waals surface area (Å²) in [7, 11) is 0.327. The van der Waals surface area contributed by atoms with E-state index in [9.17, 15) is 0 Å². The minimum Gasteiger partial charge on any atom is -0.497 e. The Morgan fingerprint density at radius 1 is 1.21 bits per heavy atom. The Morgan fingerprint density at radius 2 is 1.74 bits per heavy atom. The topological polar surface area (TPSA) is 76.0 Å². The minimum atomic E-state index is -3.13. The quantitative estimate of drug-likeness (QED) is 0.815. The number of benzene rings is 1. The predicted octanol–water partition coefficient (Wildman–Crippen LogP) is 2.72. The van der Waals surface area contributed by atoms with Gasteiger partial charge in [-0.2, -0.15) is 0 Å². The average molecular weight is 290 g/mol. The third-order valence-corrected chi connectivity index (χ3v) is 3.13. The van der Waals surface area contributed by atoms with Gasteiger partial charge in [0.25, 0.3) is 0 Å². The molecule has 1 aromatic rings. The van der Waals surface area contributed by atoms with Gasteiger partial charge in [-0.25, -0.2) is 0 Å². The molecule has 2 N–H and O–H groups in total. The van der Waals surface area contributed by atoms with Gasteiger partial charge in [-0.3, -0.25) is 4.57 Å². The zero-order valence-electron chi connectivity index (χ0n) is 11.8. The van der Waals surface area contributed by atoms with Gasteiger partial charge in [0.15, 0.2) is 0 Å². The van der Waals surface area contributed by atoms with Gasteiger partial charge in [0.2, 0.25) is 0 Å². The van der Waals surface area contributed by atoms with Crippen molar-refractivity contribution in [3.05, 3.63) is 29.8 Å². The summed E-state index contributed by atoms with van der Waals surface area (Å²) in [6, 6.07) is 8.11. The summed E-state index contributed by atoms with van der Waals surface area (Å²) in [6.07, 6.45) is 1.93. The molecular formula is C13H23O5P. The van der Waals surface area contributed by atoms with Crippen LogP contribution in [-0.4, -0.2) is 24.0 Å². The van der Waals surface area contributed by atoms with Crippen molar-refractivity contribution in [3.63, 3.8) is 0 Å². The van der Waals surface area contributed by atoms with Crippen LogP contribution in [0.5, 0.6) is 5.75 Å². The van der Waals surface area contributed by atoms with E-state index >= 15 is 0 Å². The lowest BCUT2D eigenvalue weighted by atomic mass is 9.88. The number of rotatable bonds is 5. The molecule has 0 aromatic heterocycles. The van der Waals surface area contributed by atoms with Crippen LogP contribution < -0.4 is 4.74 Å². The van der Waals surface area contributed by atoms with E-state index in [2.05, 4.69) is 26.0 Å². The monoisotopic (exact) mass is 290 g/mol. The van der Waals surface area contributed by atoms with Crippen LogP contribution in [0.3, 0.4) is 0 Å². The van der Waals surface area contributed by atoms with Gasteiger partial charge in [-0.15, -0.1) is 0 Å². The van der Waals surface area contributed by atoms with E-state index in [0.29, 0.717) is 0 Å². The Kier molecular flexibility index (Phi) is 8.68. The van der Waals surface area contributed by atoms with Crippen molar-refractivity contribution in [2.24, 2.45) is 0 Å². The van der Waals surface area contributed by atoms with Crippen LogP contribution in [0.1, 0.15) is 32.3 Å². The highest BCUT2D eigenvalue weighted by Gasteiger charge is 2.27. The van der Waals surface area contributed by atoms with Crippen molar-refractivity contribution >= 4 is 8.25 Å². The van der Waals surface area contributed by atoms with Crippen LogP contribution in [0, 0.1) is 0 Å². The van der Waals surface area contributed by atoms with E-state index in [4.69, 9.17) is 23.8 Å². The second-order valence-corrected chi connectivity index (χ2v) is 4.49. The Labute approximate surface area is 115 Å². The zero-order valence-corrected chi connectivity index (χ0v) is 12.8. The summed E-state index contributed by atoms with van der Waals surface area (Å²) < 4.78 is 19.6. The summed E-state index contributed by atoms with van der Waals surface area (Å²) in [5, 5.41) is 0. The molecule has 0 amide bonds. The fourth-order valence-electron chi connectivity index (χ4n) is 1.97. The van der Waals surface area contributed by atoms with Crippen molar-refractivity contribution in [2.75, 3.05) is 14.2 Å². The molecule has 0 heterocycles. The molecule has 0 spiro atoms. The molecule has 110 valence electrons. The molecule has 6 heteroatoms. The SMILES string of the molecule is CCC(CC)(OC)c1cccc(OC)c1.O=[PH](O)O. The largest absolute Gasteiger partial charge is 0.497 e. The molecule has 0 saturated heterocycles. The first-order valence-corrected chi connectivity index (χ1v) is 7.37. The molecule has 0 aliphatic heterocycles. The first kappa shape index (κ1) is 18.1.